The van der Waals surface area contributed by atoms with Crippen molar-refractivity contribution in [2.45, 2.75) is 6.04 Å². The number of rotatable bonds is 4. The monoisotopic (exact) mass is 379 g/mol. The first-order chi connectivity index (χ1) is 13.6. The fourth-order valence-corrected chi connectivity index (χ4v) is 3.57. The van der Waals surface area contributed by atoms with Gasteiger partial charge in [-0.1, -0.05) is 24.3 Å². The zero-order valence-corrected chi connectivity index (χ0v) is 15.0. The Labute approximate surface area is 159 Å². The van der Waals surface area contributed by atoms with Crippen molar-refractivity contribution in [3.63, 3.8) is 0 Å². The van der Waals surface area contributed by atoms with E-state index in [4.69, 9.17) is 9.15 Å². The van der Waals surface area contributed by atoms with Crippen LogP contribution in [-0.2, 0) is 4.74 Å². The van der Waals surface area contributed by atoms with E-state index >= 15 is 0 Å². The van der Waals surface area contributed by atoms with Crippen LogP contribution >= 0.6 is 0 Å². The molecular weight excluding hydrogens is 362 g/mol. The third-order valence-electron chi connectivity index (χ3n) is 4.86. The molecule has 0 radical (unpaired) electrons. The number of hydrogen-bond donors (Lipinski definition) is 1. The fourth-order valence-electron chi connectivity index (χ4n) is 3.57. The number of methoxy groups -OCH3 is 1. The number of carbonyl (C=O) groups is 2. The standard InChI is InChI=1S/C21H17NO6/c1-27-21(26)13-8-6-12(7-9-13)17-16-18(24)14-4-2-3-5-15(14)28-19(16)20(25)22(17)10-11-23/h2-9,17,23H,10-11H2,1H3/t17-/m0/s1. The van der Waals surface area contributed by atoms with Crippen LogP contribution in [0.4, 0.5) is 0 Å². The smallest absolute Gasteiger partial charge is 0.337 e. The number of benzene rings is 2. The first kappa shape index (κ1) is 17.9. The van der Waals surface area contributed by atoms with Gasteiger partial charge in [0.1, 0.15) is 5.58 Å². The van der Waals surface area contributed by atoms with Gasteiger partial charge in [-0.2, -0.15) is 0 Å². The quantitative estimate of drug-likeness (QED) is 0.698. The molecule has 7 nitrogen and oxygen atoms in total. The molecule has 1 aromatic heterocycles. The molecule has 1 aliphatic rings. The van der Waals surface area contributed by atoms with Gasteiger partial charge in [-0.3, -0.25) is 9.59 Å². The van der Waals surface area contributed by atoms with Crippen LogP contribution in [-0.4, -0.2) is 42.1 Å². The molecule has 0 fully saturated rings. The predicted molar refractivity (Wildman–Crippen MR) is 100 cm³/mol. The van der Waals surface area contributed by atoms with Gasteiger partial charge in [0.2, 0.25) is 5.76 Å². The lowest BCUT2D eigenvalue weighted by molar-refractivity contribution is 0.0599. The summed E-state index contributed by atoms with van der Waals surface area (Å²) in [6, 6.07) is 12.5. The molecule has 3 aromatic rings. The number of fused-ring (bicyclic) bond motifs is 2. The maximum Gasteiger partial charge on any atom is 0.337 e. The maximum absolute atomic E-state index is 13.1. The molecule has 2 heterocycles. The number of aliphatic hydroxyl groups is 1. The molecule has 0 bridgehead atoms. The topological polar surface area (TPSA) is 97.0 Å². The summed E-state index contributed by atoms with van der Waals surface area (Å²) >= 11 is 0. The van der Waals surface area contributed by atoms with Crippen molar-refractivity contribution in [2.75, 3.05) is 20.3 Å². The van der Waals surface area contributed by atoms with Crippen molar-refractivity contribution in [3.05, 3.63) is 81.2 Å². The van der Waals surface area contributed by atoms with E-state index in [9.17, 15) is 19.5 Å². The highest BCUT2D eigenvalue weighted by molar-refractivity contribution is 5.99. The summed E-state index contributed by atoms with van der Waals surface area (Å²) in [5.74, 6) is -0.944. The highest BCUT2D eigenvalue weighted by Crippen LogP contribution is 2.37. The zero-order valence-electron chi connectivity index (χ0n) is 15.0. The number of esters is 1. The van der Waals surface area contributed by atoms with E-state index in [0.29, 0.717) is 22.1 Å². The summed E-state index contributed by atoms with van der Waals surface area (Å²) in [4.78, 5) is 39.1. The Morgan fingerprint density at radius 1 is 1.14 bits per heavy atom. The number of ether oxygens (including phenoxy) is 1. The first-order valence-corrected chi connectivity index (χ1v) is 8.72. The van der Waals surface area contributed by atoms with Crippen LogP contribution in [0.5, 0.6) is 0 Å². The summed E-state index contributed by atoms with van der Waals surface area (Å²) in [5.41, 5.74) is 1.28. The minimum absolute atomic E-state index is 0.0146. The Bertz CT molecular complexity index is 1130. The summed E-state index contributed by atoms with van der Waals surface area (Å²) in [6.45, 7) is -0.216. The molecule has 4 rings (SSSR count). The van der Waals surface area contributed by atoms with Crippen LogP contribution in [0.15, 0.2) is 57.7 Å². The Morgan fingerprint density at radius 3 is 2.54 bits per heavy atom. The summed E-state index contributed by atoms with van der Waals surface area (Å²) < 4.78 is 10.5. The van der Waals surface area contributed by atoms with Gasteiger partial charge in [0.05, 0.1) is 36.3 Å². The van der Waals surface area contributed by atoms with Gasteiger partial charge in [0, 0.05) is 6.54 Å². The molecule has 0 saturated carbocycles. The summed E-state index contributed by atoms with van der Waals surface area (Å²) in [7, 11) is 1.29. The Balaban J connectivity index is 1.91. The van der Waals surface area contributed by atoms with Gasteiger partial charge in [-0.05, 0) is 29.8 Å². The lowest BCUT2D eigenvalue weighted by Gasteiger charge is -2.24. The predicted octanol–water partition coefficient (Wildman–Crippen LogP) is 2.12. The number of nitrogens with zero attached hydrogens (tertiary/aromatic N) is 1. The van der Waals surface area contributed by atoms with Crippen molar-refractivity contribution in [2.24, 2.45) is 0 Å². The number of β-amino-alcohol motifs (C(OH)–C–C–N with tert-alkyl or cyclic N) is 1. The van der Waals surface area contributed by atoms with Gasteiger partial charge in [-0.15, -0.1) is 0 Å². The van der Waals surface area contributed by atoms with Gasteiger partial charge in [-0.25, -0.2) is 4.79 Å². The van der Waals surface area contributed by atoms with Crippen molar-refractivity contribution >= 4 is 22.8 Å². The maximum atomic E-state index is 13.1. The number of aliphatic hydroxyl groups excluding tert-OH is 1. The number of amides is 1. The fraction of sp³-hybridized carbons (Fsp3) is 0.190. The molecule has 2 aromatic carbocycles. The van der Waals surface area contributed by atoms with E-state index in [2.05, 4.69) is 0 Å². The van der Waals surface area contributed by atoms with E-state index in [-0.39, 0.29) is 29.9 Å². The second-order valence-corrected chi connectivity index (χ2v) is 6.41. The van der Waals surface area contributed by atoms with Gasteiger partial charge >= 0.3 is 5.97 Å². The molecule has 1 amide bonds. The van der Waals surface area contributed by atoms with E-state index in [1.807, 2.05) is 0 Å². The number of para-hydroxylation sites is 1. The third kappa shape index (κ3) is 2.68. The van der Waals surface area contributed by atoms with Gasteiger partial charge < -0.3 is 19.2 Å². The Kier molecular flexibility index (Phi) is 4.44. The normalized spacial score (nSPS) is 15.7. The Hall–Kier alpha value is -3.45. The largest absolute Gasteiger partial charge is 0.465 e. The lowest BCUT2D eigenvalue weighted by atomic mass is 9.97. The number of hydrogen-bond acceptors (Lipinski definition) is 6. The molecule has 1 aliphatic heterocycles. The molecule has 1 N–H and O–H groups in total. The second-order valence-electron chi connectivity index (χ2n) is 6.41. The van der Waals surface area contributed by atoms with E-state index < -0.39 is 17.9 Å². The Morgan fingerprint density at radius 2 is 1.86 bits per heavy atom. The second kappa shape index (κ2) is 6.94. The summed E-state index contributed by atoms with van der Waals surface area (Å²) in [5, 5.41) is 9.82. The first-order valence-electron chi connectivity index (χ1n) is 8.72. The van der Waals surface area contributed by atoms with Crippen molar-refractivity contribution in [3.8, 4) is 0 Å². The minimum atomic E-state index is -0.706. The molecule has 7 heteroatoms. The van der Waals surface area contributed by atoms with E-state index in [0.717, 1.165) is 0 Å². The summed E-state index contributed by atoms with van der Waals surface area (Å²) in [6.07, 6.45) is 0. The SMILES string of the molecule is COC(=O)c1ccc([C@H]2c3c(oc4ccccc4c3=O)C(=O)N2CCO)cc1. The van der Waals surface area contributed by atoms with Crippen LogP contribution in [0.2, 0.25) is 0 Å². The van der Waals surface area contributed by atoms with Crippen LogP contribution in [0.1, 0.15) is 38.1 Å². The van der Waals surface area contributed by atoms with Gasteiger partial charge in [0.15, 0.2) is 5.43 Å². The van der Waals surface area contributed by atoms with Crippen LogP contribution in [0.25, 0.3) is 11.0 Å². The van der Waals surface area contributed by atoms with Crippen molar-refractivity contribution in [1.82, 2.24) is 4.90 Å². The van der Waals surface area contributed by atoms with Crippen LogP contribution < -0.4 is 5.43 Å². The van der Waals surface area contributed by atoms with Crippen LogP contribution in [0.3, 0.4) is 0 Å². The van der Waals surface area contributed by atoms with Crippen LogP contribution in [0, 0.1) is 0 Å². The molecule has 0 unspecified atom stereocenters. The molecule has 0 aliphatic carbocycles. The lowest BCUT2D eigenvalue weighted by Crippen LogP contribution is -2.32. The van der Waals surface area contributed by atoms with Crippen molar-refractivity contribution < 1.29 is 23.8 Å². The molecular formula is C21H17NO6. The van der Waals surface area contributed by atoms with Gasteiger partial charge in [0.25, 0.3) is 5.91 Å². The molecule has 142 valence electrons. The highest BCUT2D eigenvalue weighted by Gasteiger charge is 2.42. The van der Waals surface area contributed by atoms with E-state index in [1.54, 1.807) is 48.5 Å². The molecule has 0 spiro atoms. The number of carbonyl (C=O) groups excluding carboxylic acids is 2. The highest BCUT2D eigenvalue weighted by atomic mass is 16.5. The molecule has 0 saturated heterocycles. The molecule has 28 heavy (non-hydrogen) atoms. The minimum Gasteiger partial charge on any atom is -0.465 e. The zero-order chi connectivity index (χ0) is 19.8. The average molecular weight is 379 g/mol. The third-order valence-corrected chi connectivity index (χ3v) is 4.86. The van der Waals surface area contributed by atoms with Crippen molar-refractivity contribution in [1.29, 1.82) is 0 Å². The molecule has 1 atom stereocenters. The average Bonchev–Trinajstić information content (AvgIpc) is 3.00. The van der Waals surface area contributed by atoms with E-state index in [1.165, 1.54) is 12.0 Å².